The first-order valence-corrected chi connectivity index (χ1v) is 23.8. The zero-order valence-electron chi connectivity index (χ0n) is 40.8. The molecule has 0 spiro atoms. The maximum absolute atomic E-state index is 14.0. The summed E-state index contributed by atoms with van der Waals surface area (Å²) in [5.74, 6) is -3.51. The van der Waals surface area contributed by atoms with E-state index in [1.165, 1.54) is 0 Å². The number of hydrogen-bond acceptors (Lipinski definition) is 13. The quantitative estimate of drug-likeness (QED) is 0.0373. The molecule has 8 amide bonds. The van der Waals surface area contributed by atoms with Crippen molar-refractivity contribution < 1.29 is 57.7 Å². The normalized spacial score (nSPS) is 13.5. The van der Waals surface area contributed by atoms with E-state index in [1.807, 2.05) is 19.2 Å². The van der Waals surface area contributed by atoms with Crippen LogP contribution in [0.5, 0.6) is 0 Å². The Morgan fingerprint density at radius 1 is 0.930 bits per heavy atom. The predicted molar refractivity (Wildman–Crippen MR) is 262 cm³/mol. The maximum Gasteiger partial charge on any atom is 0.433 e. The van der Waals surface area contributed by atoms with Crippen LogP contribution in [0.2, 0.25) is 0 Å². The monoisotopic (exact) mass is 992 g/mol. The minimum Gasteiger partial charge on any atom is -0.481 e. The number of piperidine rings is 1. The van der Waals surface area contributed by atoms with E-state index in [1.54, 1.807) is 54.1 Å². The van der Waals surface area contributed by atoms with Gasteiger partial charge in [0, 0.05) is 87.5 Å². The maximum atomic E-state index is 14.0. The number of rotatable bonds is 30. The molecule has 4 rings (SSSR count). The molecule has 2 aromatic heterocycles. The Bertz CT molecular complexity index is 2260. The van der Waals surface area contributed by atoms with Crippen LogP contribution in [0.1, 0.15) is 76.5 Å². The molecule has 0 aliphatic carbocycles. The lowest BCUT2D eigenvalue weighted by Crippen LogP contribution is -2.54. The molecule has 1 aromatic carbocycles. The van der Waals surface area contributed by atoms with E-state index in [9.17, 15) is 38.4 Å². The van der Waals surface area contributed by atoms with E-state index >= 15 is 0 Å². The largest absolute Gasteiger partial charge is 0.481 e. The van der Waals surface area contributed by atoms with Crippen LogP contribution in [0.15, 0.2) is 53.7 Å². The summed E-state index contributed by atoms with van der Waals surface area (Å²) >= 11 is 0. The van der Waals surface area contributed by atoms with Gasteiger partial charge in [0.05, 0.1) is 32.8 Å². The number of primary amides is 1. The van der Waals surface area contributed by atoms with Gasteiger partial charge in [0.15, 0.2) is 0 Å². The molecule has 23 nitrogen and oxygen atoms in total. The highest BCUT2D eigenvalue weighted by molar-refractivity contribution is 5.98. The second-order valence-corrected chi connectivity index (χ2v) is 17.2. The SMILES string of the molecule is C=NC(=O)OCc1ccc(NC(=O)[C@H](CCCNC(N)=O)NC(=O)[C@@H](NC(=O)CCC(=O)N(CCOCCOCCC(=O)O)C2CCN(C(=O)CCn3c(CNC)cc4cccnc43)CC2)C(C)C)cc1. The molecular weight excluding hydrogens is 923 g/mol. The number of aryl methyl sites for hydroxylation is 1. The van der Waals surface area contributed by atoms with Gasteiger partial charge in [-0.15, -0.1) is 0 Å². The van der Waals surface area contributed by atoms with Gasteiger partial charge in [-0.05, 0) is 81.3 Å². The number of anilines is 1. The van der Waals surface area contributed by atoms with Crippen LogP contribution in [0.4, 0.5) is 15.3 Å². The number of fused-ring (bicyclic) bond motifs is 1. The van der Waals surface area contributed by atoms with Crippen molar-refractivity contribution >= 4 is 71.1 Å². The Morgan fingerprint density at radius 3 is 2.31 bits per heavy atom. The molecule has 0 radical (unpaired) electrons. The van der Waals surface area contributed by atoms with Gasteiger partial charge in [-0.1, -0.05) is 26.0 Å². The molecule has 3 aromatic rings. The number of benzene rings is 1. The van der Waals surface area contributed by atoms with Crippen molar-refractivity contribution in [2.75, 3.05) is 65.0 Å². The smallest absolute Gasteiger partial charge is 0.433 e. The van der Waals surface area contributed by atoms with Gasteiger partial charge in [0.25, 0.3) is 0 Å². The highest BCUT2D eigenvalue weighted by Crippen LogP contribution is 2.22. The second-order valence-electron chi connectivity index (χ2n) is 17.2. The fraction of sp³-hybridized carbons (Fsp3) is 0.542. The van der Waals surface area contributed by atoms with E-state index in [4.69, 9.17) is 25.1 Å². The van der Waals surface area contributed by atoms with Gasteiger partial charge < -0.3 is 66.0 Å². The van der Waals surface area contributed by atoms with Crippen molar-refractivity contribution in [3.8, 4) is 0 Å². The van der Waals surface area contributed by atoms with Crippen LogP contribution in [0.3, 0.4) is 0 Å². The molecule has 1 aliphatic heterocycles. The Labute approximate surface area is 413 Å². The van der Waals surface area contributed by atoms with Crippen LogP contribution in [0.25, 0.3) is 11.0 Å². The van der Waals surface area contributed by atoms with Crippen LogP contribution in [0, 0.1) is 5.92 Å². The number of aliphatic carboxylic acids is 1. The molecule has 0 bridgehead atoms. The number of carboxylic acids is 1. The van der Waals surface area contributed by atoms with Gasteiger partial charge in [0.2, 0.25) is 29.5 Å². The molecule has 1 fully saturated rings. The molecule has 8 N–H and O–H groups in total. The Kier molecular flexibility index (Phi) is 23.8. The number of pyridine rings is 1. The fourth-order valence-electron chi connectivity index (χ4n) is 7.96. The third-order valence-corrected chi connectivity index (χ3v) is 11.7. The number of nitrogens with zero attached hydrogens (tertiary/aromatic N) is 5. The molecule has 0 unspecified atom stereocenters. The van der Waals surface area contributed by atoms with Crippen molar-refractivity contribution in [2.24, 2.45) is 16.6 Å². The predicted octanol–water partition coefficient (Wildman–Crippen LogP) is 2.30. The Hall–Kier alpha value is -6.98. The zero-order chi connectivity index (χ0) is 51.7. The van der Waals surface area contributed by atoms with Gasteiger partial charge in [0.1, 0.15) is 24.3 Å². The van der Waals surface area contributed by atoms with Crippen molar-refractivity contribution in [2.45, 2.75) is 103 Å². The van der Waals surface area contributed by atoms with Crippen molar-refractivity contribution in [3.05, 3.63) is 59.9 Å². The van der Waals surface area contributed by atoms with Crippen LogP contribution < -0.4 is 32.3 Å². The summed E-state index contributed by atoms with van der Waals surface area (Å²) in [6.45, 7) is 9.27. The lowest BCUT2D eigenvalue weighted by Gasteiger charge is -2.39. The van der Waals surface area contributed by atoms with E-state index in [0.717, 1.165) is 16.7 Å². The van der Waals surface area contributed by atoms with Crippen LogP contribution in [-0.4, -0.2) is 157 Å². The highest BCUT2D eigenvalue weighted by atomic mass is 16.5. The first-order valence-electron chi connectivity index (χ1n) is 23.8. The van der Waals surface area contributed by atoms with Crippen molar-refractivity contribution in [1.82, 2.24) is 40.6 Å². The second kappa shape index (κ2) is 29.9. The van der Waals surface area contributed by atoms with Crippen molar-refractivity contribution in [1.29, 1.82) is 0 Å². The van der Waals surface area contributed by atoms with Gasteiger partial charge in [-0.3, -0.25) is 28.8 Å². The Balaban J connectivity index is 1.36. The molecule has 1 aliphatic rings. The summed E-state index contributed by atoms with van der Waals surface area (Å²) in [6, 6.07) is 9.17. The minimum absolute atomic E-state index is 0.0109. The molecule has 71 heavy (non-hydrogen) atoms. The first kappa shape index (κ1) is 56.6. The van der Waals surface area contributed by atoms with Crippen molar-refractivity contribution in [3.63, 3.8) is 0 Å². The number of likely N-dealkylation sites (tertiary alicyclic amines) is 1. The summed E-state index contributed by atoms with van der Waals surface area (Å²) in [7, 11) is 1.86. The molecule has 23 heteroatoms. The number of carboxylic acid groups (broad SMARTS) is 1. The van der Waals surface area contributed by atoms with Gasteiger partial charge in [-0.25, -0.2) is 14.6 Å². The third kappa shape index (κ3) is 19.4. The number of nitrogens with one attached hydrogen (secondary N) is 5. The molecule has 3 heterocycles. The van der Waals surface area contributed by atoms with E-state index in [-0.39, 0.29) is 103 Å². The van der Waals surface area contributed by atoms with E-state index in [2.05, 4.69) is 53.9 Å². The number of carbonyl (C=O) groups excluding carboxylic acids is 7. The third-order valence-electron chi connectivity index (χ3n) is 11.7. The summed E-state index contributed by atoms with van der Waals surface area (Å²) in [6.07, 6.45) is 1.96. The summed E-state index contributed by atoms with van der Waals surface area (Å²) in [5, 5.41) is 23.7. The number of nitrogens with two attached hydrogens (primary N) is 1. The van der Waals surface area contributed by atoms with Gasteiger partial charge in [-0.2, -0.15) is 4.99 Å². The number of urea groups is 1. The van der Waals surface area contributed by atoms with Crippen LogP contribution >= 0.6 is 0 Å². The summed E-state index contributed by atoms with van der Waals surface area (Å²) in [5.41, 5.74) is 8.04. The van der Waals surface area contributed by atoms with Crippen LogP contribution in [-0.2, 0) is 62.7 Å². The molecule has 388 valence electrons. The molecule has 1 saturated heterocycles. The van der Waals surface area contributed by atoms with E-state index < -0.39 is 53.8 Å². The average Bonchev–Trinajstić information content (AvgIpc) is 3.70. The topological polar surface area (TPSA) is 307 Å². The molecular formula is C48H69N11O12. The number of amides is 8. The standard InChI is InChI=1S/C48H69N11O12/c1-32(2)43(46(66)55-38(8-6-20-53-47(49)67)45(65)54-35-11-9-33(10-12-35)31-71-48(68)51-4)56-39(60)13-14-41(62)58(24-26-70-28-27-69-25-18-42(63)64)36-15-21-57(22-16-36)40(61)17-23-59-37(30-50-3)29-34-7-5-19-52-44(34)59/h5,7,9-12,19,29,32,36,38,43,50H,4,6,8,13-18,20-28,30-31H2,1-3H3,(H,54,65)(H,55,66)(H,56,60)(H,63,64)(H3,49,53,67)/t38-,43-/m0/s1. The zero-order valence-corrected chi connectivity index (χ0v) is 40.8. The molecule has 0 saturated carbocycles. The number of ether oxygens (including phenoxy) is 3. The number of aromatic nitrogens is 2. The lowest BCUT2D eigenvalue weighted by molar-refractivity contribution is -0.139. The Morgan fingerprint density at radius 2 is 1.65 bits per heavy atom. The minimum atomic E-state index is -1.10. The number of aliphatic imine (C=N–C) groups is 1. The highest BCUT2D eigenvalue weighted by Gasteiger charge is 2.32. The summed E-state index contributed by atoms with van der Waals surface area (Å²) in [4.78, 5) is 113. The average molecular weight is 992 g/mol. The number of carbonyl (C=O) groups is 8. The van der Waals surface area contributed by atoms with Gasteiger partial charge >= 0.3 is 18.1 Å². The lowest BCUT2D eigenvalue weighted by atomic mass is 10.0. The summed E-state index contributed by atoms with van der Waals surface area (Å²) < 4.78 is 18.0. The first-order chi connectivity index (χ1) is 34.1. The molecule has 2 atom stereocenters. The fourth-order valence-corrected chi connectivity index (χ4v) is 7.96. The number of hydrogen-bond donors (Lipinski definition) is 7. The van der Waals surface area contributed by atoms with E-state index in [0.29, 0.717) is 50.3 Å².